The third kappa shape index (κ3) is 4.99. The van der Waals surface area contributed by atoms with Crippen LogP contribution in [0.5, 0.6) is 0 Å². The summed E-state index contributed by atoms with van der Waals surface area (Å²) in [7, 11) is 0. The predicted octanol–water partition coefficient (Wildman–Crippen LogP) is 5.28. The lowest BCUT2D eigenvalue weighted by Gasteiger charge is -2.12. The van der Waals surface area contributed by atoms with Gasteiger partial charge in [-0.1, -0.05) is 42.1 Å². The highest BCUT2D eigenvalue weighted by Gasteiger charge is 2.20. The van der Waals surface area contributed by atoms with Crippen molar-refractivity contribution in [3.05, 3.63) is 114 Å². The van der Waals surface area contributed by atoms with Gasteiger partial charge in [-0.3, -0.25) is 14.3 Å². The lowest BCUT2D eigenvalue weighted by atomic mass is 10.1. The Morgan fingerprint density at radius 1 is 0.971 bits per heavy atom. The van der Waals surface area contributed by atoms with Gasteiger partial charge in [0.15, 0.2) is 11.0 Å². The Hall–Kier alpha value is -4.24. The van der Waals surface area contributed by atoms with E-state index in [0.29, 0.717) is 40.3 Å². The summed E-state index contributed by atoms with van der Waals surface area (Å²) in [4.78, 5) is 16.9. The van der Waals surface area contributed by atoms with E-state index in [1.54, 1.807) is 71.8 Å². The van der Waals surface area contributed by atoms with Crippen molar-refractivity contribution in [3.8, 4) is 17.1 Å². The van der Waals surface area contributed by atoms with Crippen molar-refractivity contribution in [1.82, 2.24) is 25.1 Å². The average Bonchev–Trinajstić information content (AvgIpc) is 3.57. The molecule has 0 fully saturated rings. The van der Waals surface area contributed by atoms with Crippen LogP contribution in [0, 0.1) is 5.82 Å². The second kappa shape index (κ2) is 10.4. The molecule has 0 unspecified atom stereocenters. The van der Waals surface area contributed by atoms with Gasteiger partial charge in [0.05, 0.1) is 18.5 Å². The van der Waals surface area contributed by atoms with Crippen LogP contribution in [0.25, 0.3) is 17.1 Å². The first-order chi connectivity index (χ1) is 17.2. The van der Waals surface area contributed by atoms with Gasteiger partial charge in [0.2, 0.25) is 0 Å². The largest absolute Gasteiger partial charge is 0.467 e. The summed E-state index contributed by atoms with van der Waals surface area (Å²) in [6.07, 6.45) is 4.87. The van der Waals surface area contributed by atoms with Gasteiger partial charge >= 0.3 is 0 Å². The quantitative estimate of drug-likeness (QED) is 0.301. The highest BCUT2D eigenvalue weighted by atomic mass is 32.2. The molecule has 5 aromatic rings. The zero-order valence-electron chi connectivity index (χ0n) is 18.5. The van der Waals surface area contributed by atoms with Crippen LogP contribution < -0.4 is 5.32 Å². The number of hydrogen-bond donors (Lipinski definition) is 1. The Bertz CT molecular complexity index is 1440. The average molecular weight is 486 g/mol. The van der Waals surface area contributed by atoms with E-state index in [2.05, 4.69) is 20.5 Å². The van der Waals surface area contributed by atoms with Crippen LogP contribution in [0.15, 0.2) is 101 Å². The summed E-state index contributed by atoms with van der Waals surface area (Å²) in [5.74, 6) is 1.02. The van der Waals surface area contributed by atoms with Gasteiger partial charge in [-0.25, -0.2) is 4.39 Å². The number of aromatic nitrogens is 4. The lowest BCUT2D eigenvalue weighted by molar-refractivity contribution is 0.0947. The molecule has 1 N–H and O–H groups in total. The number of benzene rings is 2. The number of amides is 1. The first-order valence-electron chi connectivity index (χ1n) is 10.8. The molecule has 174 valence electrons. The molecular formula is C26H20FN5O2S. The summed E-state index contributed by atoms with van der Waals surface area (Å²) in [5.41, 5.74) is 2.48. The van der Waals surface area contributed by atoms with Crippen molar-refractivity contribution in [2.45, 2.75) is 17.5 Å². The van der Waals surface area contributed by atoms with Crippen molar-refractivity contribution in [1.29, 1.82) is 0 Å². The van der Waals surface area contributed by atoms with Gasteiger partial charge in [-0.05, 0) is 48.0 Å². The summed E-state index contributed by atoms with van der Waals surface area (Å²) in [5, 5.41) is 12.1. The fourth-order valence-corrected chi connectivity index (χ4v) is 4.54. The van der Waals surface area contributed by atoms with E-state index in [1.807, 2.05) is 18.2 Å². The maximum Gasteiger partial charge on any atom is 0.251 e. The Morgan fingerprint density at radius 3 is 2.57 bits per heavy atom. The van der Waals surface area contributed by atoms with Crippen LogP contribution in [-0.4, -0.2) is 25.7 Å². The molecule has 3 heterocycles. The van der Waals surface area contributed by atoms with Crippen molar-refractivity contribution < 1.29 is 13.6 Å². The molecule has 9 heteroatoms. The maximum atomic E-state index is 14.8. The van der Waals surface area contributed by atoms with Gasteiger partial charge in [-0.15, -0.1) is 10.2 Å². The Morgan fingerprint density at radius 2 is 1.77 bits per heavy atom. The number of halogens is 1. The fourth-order valence-electron chi connectivity index (χ4n) is 3.59. The Balaban J connectivity index is 1.42. The molecule has 3 aromatic heterocycles. The lowest BCUT2D eigenvalue weighted by Crippen LogP contribution is -2.23. The number of rotatable bonds is 8. The molecule has 0 radical (unpaired) electrons. The van der Waals surface area contributed by atoms with E-state index >= 15 is 0 Å². The summed E-state index contributed by atoms with van der Waals surface area (Å²) >= 11 is 1.38. The number of para-hydroxylation sites is 1. The van der Waals surface area contributed by atoms with Crippen LogP contribution in [0.4, 0.5) is 4.39 Å². The second-order valence-corrected chi connectivity index (χ2v) is 8.48. The topological polar surface area (TPSA) is 85.8 Å². The van der Waals surface area contributed by atoms with E-state index in [0.717, 1.165) is 11.1 Å². The third-order valence-electron chi connectivity index (χ3n) is 5.29. The predicted molar refractivity (Wildman–Crippen MR) is 130 cm³/mol. The number of furan rings is 1. The zero-order chi connectivity index (χ0) is 24.0. The SMILES string of the molecule is O=C(NCc1ccco1)c1ccccc1CSc1nnc(-c2ccncc2)n1-c1ccccc1F. The molecule has 0 atom stereocenters. The number of carbonyl (C=O) groups excluding carboxylic acids is 1. The van der Waals surface area contributed by atoms with E-state index in [9.17, 15) is 9.18 Å². The normalized spacial score (nSPS) is 10.9. The molecule has 0 aliphatic carbocycles. The van der Waals surface area contributed by atoms with Crippen LogP contribution in [0.1, 0.15) is 21.7 Å². The highest BCUT2D eigenvalue weighted by molar-refractivity contribution is 7.98. The maximum absolute atomic E-state index is 14.8. The first kappa shape index (κ1) is 22.5. The summed E-state index contributed by atoms with van der Waals surface area (Å²) < 4.78 is 21.8. The van der Waals surface area contributed by atoms with E-state index in [-0.39, 0.29) is 11.7 Å². The van der Waals surface area contributed by atoms with Gasteiger partial charge in [0, 0.05) is 29.3 Å². The van der Waals surface area contributed by atoms with Crippen molar-refractivity contribution >= 4 is 17.7 Å². The first-order valence-corrected chi connectivity index (χ1v) is 11.8. The molecule has 0 aliphatic rings. The molecule has 0 saturated heterocycles. The number of nitrogens with one attached hydrogen (secondary N) is 1. The molecule has 1 amide bonds. The fraction of sp³-hybridized carbons (Fsp3) is 0.0769. The van der Waals surface area contributed by atoms with E-state index in [1.165, 1.54) is 17.8 Å². The second-order valence-electron chi connectivity index (χ2n) is 7.54. The molecule has 35 heavy (non-hydrogen) atoms. The van der Waals surface area contributed by atoms with Gasteiger partial charge < -0.3 is 9.73 Å². The molecule has 0 bridgehead atoms. The Kier molecular flexibility index (Phi) is 6.67. The monoisotopic (exact) mass is 485 g/mol. The van der Waals surface area contributed by atoms with Crippen molar-refractivity contribution in [2.24, 2.45) is 0 Å². The van der Waals surface area contributed by atoms with Gasteiger partial charge in [0.25, 0.3) is 5.91 Å². The summed E-state index contributed by atoms with van der Waals surface area (Å²) in [6.45, 7) is 0.296. The smallest absolute Gasteiger partial charge is 0.251 e. The molecule has 0 spiro atoms. The van der Waals surface area contributed by atoms with Crippen LogP contribution in [0.2, 0.25) is 0 Å². The molecule has 5 rings (SSSR count). The summed E-state index contributed by atoms with van der Waals surface area (Å²) in [6, 6.07) is 21.0. The Labute approximate surface area is 205 Å². The molecule has 0 aliphatic heterocycles. The number of nitrogens with zero attached hydrogens (tertiary/aromatic N) is 4. The van der Waals surface area contributed by atoms with Gasteiger partial charge in [0.1, 0.15) is 11.6 Å². The van der Waals surface area contributed by atoms with Crippen LogP contribution in [0.3, 0.4) is 0 Å². The molecule has 2 aromatic carbocycles. The van der Waals surface area contributed by atoms with Crippen LogP contribution >= 0.6 is 11.8 Å². The molecule has 0 saturated carbocycles. The minimum absolute atomic E-state index is 0.203. The van der Waals surface area contributed by atoms with Gasteiger partial charge in [-0.2, -0.15) is 0 Å². The standard InChI is InChI=1S/C26H20FN5O2S/c27-22-9-3-4-10-23(22)32-24(18-11-13-28-14-12-18)30-31-26(32)35-17-19-6-1-2-8-21(19)25(33)29-16-20-7-5-15-34-20/h1-15H,16-17H2,(H,29,33). The van der Waals surface area contributed by atoms with E-state index in [4.69, 9.17) is 4.42 Å². The van der Waals surface area contributed by atoms with Crippen LogP contribution in [-0.2, 0) is 12.3 Å². The van der Waals surface area contributed by atoms with Crippen molar-refractivity contribution in [3.63, 3.8) is 0 Å². The minimum atomic E-state index is -0.387. The highest BCUT2D eigenvalue weighted by Crippen LogP contribution is 2.31. The number of thioether (sulfide) groups is 1. The van der Waals surface area contributed by atoms with E-state index < -0.39 is 0 Å². The number of pyridine rings is 1. The molecule has 7 nitrogen and oxygen atoms in total. The number of hydrogen-bond acceptors (Lipinski definition) is 6. The third-order valence-corrected chi connectivity index (χ3v) is 6.27. The zero-order valence-corrected chi connectivity index (χ0v) is 19.3. The van der Waals surface area contributed by atoms with Crippen molar-refractivity contribution in [2.75, 3.05) is 0 Å². The number of carbonyl (C=O) groups is 1. The minimum Gasteiger partial charge on any atom is -0.467 e. The molecular weight excluding hydrogens is 465 g/mol.